The Labute approximate surface area is 117 Å². The first kappa shape index (κ1) is 16.6. The summed E-state index contributed by atoms with van der Waals surface area (Å²) in [5, 5.41) is 13.7. The summed E-state index contributed by atoms with van der Waals surface area (Å²) in [5.41, 5.74) is 5.37. The molecule has 0 aliphatic heterocycles. The Bertz CT molecular complexity index is 603. The number of carbonyl (C=O) groups excluding carboxylic acids is 1. The van der Waals surface area contributed by atoms with E-state index in [0.717, 1.165) is 7.11 Å². The van der Waals surface area contributed by atoms with E-state index in [-0.39, 0.29) is 19.6 Å². The summed E-state index contributed by atoms with van der Waals surface area (Å²) in [6, 6.07) is 0. The standard InChI is InChI=1S/C11H11F3N4O3/c1-21-11(20)5-6(12)7(13)10(17-18-15)8(14)9(5)16-3-2-4-19/h16,19H,2-4H2,1H3. The van der Waals surface area contributed by atoms with E-state index in [9.17, 15) is 18.0 Å². The zero-order valence-corrected chi connectivity index (χ0v) is 10.9. The third kappa shape index (κ3) is 3.36. The van der Waals surface area contributed by atoms with Gasteiger partial charge in [0, 0.05) is 18.1 Å². The van der Waals surface area contributed by atoms with Gasteiger partial charge in [-0.25, -0.2) is 18.0 Å². The highest BCUT2D eigenvalue weighted by molar-refractivity contribution is 5.97. The lowest BCUT2D eigenvalue weighted by molar-refractivity contribution is 0.0595. The van der Waals surface area contributed by atoms with E-state index in [1.54, 1.807) is 0 Å². The van der Waals surface area contributed by atoms with Gasteiger partial charge in [0.1, 0.15) is 11.3 Å². The van der Waals surface area contributed by atoms with Crippen molar-refractivity contribution in [1.29, 1.82) is 0 Å². The van der Waals surface area contributed by atoms with E-state index < -0.39 is 40.4 Å². The van der Waals surface area contributed by atoms with Crippen LogP contribution in [0.3, 0.4) is 0 Å². The van der Waals surface area contributed by atoms with E-state index in [2.05, 4.69) is 20.1 Å². The summed E-state index contributed by atoms with van der Waals surface area (Å²) in [6.07, 6.45) is 0.163. The van der Waals surface area contributed by atoms with Crippen LogP contribution >= 0.6 is 0 Å². The first-order valence-corrected chi connectivity index (χ1v) is 5.68. The number of hydrogen-bond acceptors (Lipinski definition) is 5. The van der Waals surface area contributed by atoms with E-state index in [0.29, 0.717) is 0 Å². The summed E-state index contributed by atoms with van der Waals surface area (Å²) >= 11 is 0. The maximum atomic E-state index is 14.1. The number of methoxy groups -OCH3 is 1. The fraction of sp³-hybridized carbons (Fsp3) is 0.364. The number of anilines is 1. The predicted molar refractivity (Wildman–Crippen MR) is 66.7 cm³/mol. The van der Waals surface area contributed by atoms with Crippen LogP contribution in [0.4, 0.5) is 24.5 Å². The van der Waals surface area contributed by atoms with Crippen molar-refractivity contribution in [1.82, 2.24) is 0 Å². The van der Waals surface area contributed by atoms with Gasteiger partial charge in [-0.1, -0.05) is 5.11 Å². The van der Waals surface area contributed by atoms with Crippen LogP contribution in [0.25, 0.3) is 10.4 Å². The number of halogens is 3. The number of ether oxygens (including phenoxy) is 1. The third-order valence-corrected chi connectivity index (χ3v) is 2.47. The number of azide groups is 1. The Kier molecular flexibility index (Phi) is 5.82. The number of rotatable bonds is 6. The van der Waals surface area contributed by atoms with Crippen molar-refractivity contribution in [2.75, 3.05) is 25.6 Å². The molecule has 0 amide bonds. The van der Waals surface area contributed by atoms with Gasteiger partial charge >= 0.3 is 5.97 Å². The fourth-order valence-electron chi connectivity index (χ4n) is 1.53. The number of aliphatic hydroxyl groups excluding tert-OH is 1. The molecule has 21 heavy (non-hydrogen) atoms. The third-order valence-electron chi connectivity index (χ3n) is 2.47. The summed E-state index contributed by atoms with van der Waals surface area (Å²) < 4.78 is 45.8. The van der Waals surface area contributed by atoms with Crippen LogP contribution in [0.5, 0.6) is 0 Å². The monoisotopic (exact) mass is 304 g/mol. The van der Waals surface area contributed by atoms with Gasteiger partial charge < -0.3 is 15.2 Å². The van der Waals surface area contributed by atoms with Crippen LogP contribution < -0.4 is 5.32 Å². The molecule has 0 fully saturated rings. The average Bonchev–Trinajstić information content (AvgIpc) is 2.48. The number of benzene rings is 1. The quantitative estimate of drug-likeness (QED) is 0.210. The van der Waals surface area contributed by atoms with E-state index in [4.69, 9.17) is 10.6 Å². The first-order chi connectivity index (χ1) is 9.99. The first-order valence-electron chi connectivity index (χ1n) is 5.68. The molecule has 0 aromatic heterocycles. The molecule has 0 saturated heterocycles. The number of hydrogen-bond donors (Lipinski definition) is 2. The summed E-state index contributed by atoms with van der Waals surface area (Å²) in [6.45, 7) is -0.271. The lowest BCUT2D eigenvalue weighted by Crippen LogP contribution is -2.15. The molecule has 0 bridgehead atoms. The summed E-state index contributed by atoms with van der Waals surface area (Å²) in [5.74, 6) is -6.22. The number of carbonyl (C=O) groups is 1. The van der Waals surface area contributed by atoms with Crippen molar-refractivity contribution in [2.24, 2.45) is 5.11 Å². The minimum Gasteiger partial charge on any atom is -0.465 e. The van der Waals surface area contributed by atoms with Gasteiger partial charge in [-0.2, -0.15) is 0 Å². The van der Waals surface area contributed by atoms with Crippen molar-refractivity contribution in [3.8, 4) is 0 Å². The molecule has 2 N–H and O–H groups in total. The minimum absolute atomic E-state index is 0.0296. The van der Waals surface area contributed by atoms with Gasteiger partial charge in [-0.15, -0.1) is 0 Å². The van der Waals surface area contributed by atoms with Gasteiger partial charge in [0.25, 0.3) is 0 Å². The Balaban J connectivity index is 3.53. The second kappa shape index (κ2) is 7.36. The highest BCUT2D eigenvalue weighted by Gasteiger charge is 2.29. The molecule has 0 atom stereocenters. The van der Waals surface area contributed by atoms with Crippen molar-refractivity contribution in [2.45, 2.75) is 6.42 Å². The second-order valence-corrected chi connectivity index (χ2v) is 3.73. The van der Waals surface area contributed by atoms with Gasteiger partial charge in [0.05, 0.1) is 12.8 Å². The lowest BCUT2D eigenvalue weighted by atomic mass is 10.1. The van der Waals surface area contributed by atoms with Crippen LogP contribution in [0.1, 0.15) is 16.8 Å². The largest absolute Gasteiger partial charge is 0.465 e. The lowest BCUT2D eigenvalue weighted by Gasteiger charge is -2.14. The number of nitrogens with zero attached hydrogens (tertiary/aromatic N) is 3. The molecule has 1 rings (SSSR count). The molecule has 1 aromatic rings. The smallest absolute Gasteiger partial charge is 0.343 e. The van der Waals surface area contributed by atoms with Crippen LogP contribution in [0.15, 0.2) is 5.11 Å². The van der Waals surface area contributed by atoms with E-state index in [1.807, 2.05) is 0 Å². The zero-order valence-electron chi connectivity index (χ0n) is 10.9. The Hall–Kier alpha value is -2.45. The molecule has 0 heterocycles. The Morgan fingerprint density at radius 2 is 2.05 bits per heavy atom. The molecular weight excluding hydrogens is 293 g/mol. The summed E-state index contributed by atoms with van der Waals surface area (Å²) in [7, 11) is 0.913. The van der Waals surface area contributed by atoms with E-state index in [1.165, 1.54) is 0 Å². The van der Waals surface area contributed by atoms with Gasteiger partial charge in [0.2, 0.25) is 0 Å². The molecule has 1 aromatic carbocycles. The number of nitrogens with one attached hydrogen (secondary N) is 1. The number of aliphatic hydroxyl groups is 1. The highest BCUT2D eigenvalue weighted by atomic mass is 19.2. The molecule has 114 valence electrons. The molecule has 0 aliphatic rings. The molecule has 10 heteroatoms. The molecule has 0 spiro atoms. The Morgan fingerprint density at radius 3 is 2.57 bits per heavy atom. The molecule has 0 radical (unpaired) electrons. The van der Waals surface area contributed by atoms with Crippen LogP contribution in [0, 0.1) is 17.5 Å². The summed E-state index contributed by atoms with van der Waals surface area (Å²) in [4.78, 5) is 13.7. The molecule has 0 aliphatic carbocycles. The van der Waals surface area contributed by atoms with Crippen LogP contribution in [-0.2, 0) is 4.74 Å². The molecule has 0 saturated carbocycles. The van der Waals surface area contributed by atoms with Gasteiger partial charge in [-0.05, 0) is 12.0 Å². The normalized spacial score (nSPS) is 9.95. The maximum absolute atomic E-state index is 14.1. The van der Waals surface area contributed by atoms with Gasteiger partial charge in [0.15, 0.2) is 17.5 Å². The SMILES string of the molecule is COC(=O)c1c(F)c(F)c(N=[N+]=[N-])c(F)c1NCCCO. The average molecular weight is 304 g/mol. The van der Waals surface area contributed by atoms with Crippen LogP contribution in [-0.4, -0.2) is 31.3 Å². The Morgan fingerprint density at radius 1 is 1.38 bits per heavy atom. The molecule has 7 nitrogen and oxygen atoms in total. The van der Waals surface area contributed by atoms with Gasteiger partial charge in [-0.3, -0.25) is 0 Å². The van der Waals surface area contributed by atoms with Crippen molar-refractivity contribution < 1.29 is 27.8 Å². The van der Waals surface area contributed by atoms with Crippen molar-refractivity contribution >= 4 is 17.3 Å². The topological polar surface area (TPSA) is 107 Å². The molecular formula is C11H11F3N4O3. The fourth-order valence-corrected chi connectivity index (χ4v) is 1.53. The highest BCUT2D eigenvalue weighted by Crippen LogP contribution is 2.35. The van der Waals surface area contributed by atoms with E-state index >= 15 is 0 Å². The van der Waals surface area contributed by atoms with Crippen LogP contribution in [0.2, 0.25) is 0 Å². The predicted octanol–water partition coefficient (Wildman–Crippen LogP) is 2.63. The van der Waals surface area contributed by atoms with Crippen molar-refractivity contribution in [3.63, 3.8) is 0 Å². The zero-order chi connectivity index (χ0) is 16.0. The maximum Gasteiger partial charge on any atom is 0.343 e. The number of esters is 1. The minimum atomic E-state index is -1.79. The molecule has 0 unspecified atom stereocenters. The second-order valence-electron chi connectivity index (χ2n) is 3.73. The van der Waals surface area contributed by atoms with Crippen molar-refractivity contribution in [3.05, 3.63) is 33.5 Å².